The predicted octanol–water partition coefficient (Wildman–Crippen LogP) is 6.14. The molecule has 0 spiro atoms. The molecular weight excluding hydrogens is 495 g/mol. The number of hydrogen-bond acceptors (Lipinski definition) is 4. The molecule has 2 aromatic carbocycles. The van der Waals surface area contributed by atoms with Crippen LogP contribution in [0.5, 0.6) is 0 Å². The average Bonchev–Trinajstić information content (AvgIpc) is 3.36. The van der Waals surface area contributed by atoms with Crippen molar-refractivity contribution in [1.82, 2.24) is 9.88 Å². The van der Waals surface area contributed by atoms with Crippen molar-refractivity contribution in [1.29, 1.82) is 5.41 Å². The summed E-state index contributed by atoms with van der Waals surface area (Å²) in [5.74, 6) is 0.0735. The Labute approximate surface area is 212 Å². The predicted molar refractivity (Wildman–Crippen MR) is 136 cm³/mol. The summed E-state index contributed by atoms with van der Waals surface area (Å²) < 4.78 is 0. The van der Waals surface area contributed by atoms with Crippen LogP contribution in [0, 0.1) is 5.41 Å². The minimum Gasteiger partial charge on any atom is -0.357 e. The molecule has 0 unspecified atom stereocenters. The molecule has 0 saturated carbocycles. The van der Waals surface area contributed by atoms with Gasteiger partial charge in [0.1, 0.15) is 11.7 Å². The molecule has 3 aromatic rings. The molecule has 1 aliphatic rings. The van der Waals surface area contributed by atoms with Gasteiger partial charge in [0, 0.05) is 52.4 Å². The molecule has 2 heterocycles. The zero-order valence-corrected chi connectivity index (χ0v) is 20.3. The van der Waals surface area contributed by atoms with Gasteiger partial charge in [0.15, 0.2) is 5.78 Å². The lowest BCUT2D eigenvalue weighted by Crippen LogP contribution is -2.27. The topological polar surface area (TPSA) is 86.1 Å². The van der Waals surface area contributed by atoms with E-state index in [1.54, 1.807) is 36.4 Å². The number of carbonyl (C=O) groups is 2. The van der Waals surface area contributed by atoms with Crippen LogP contribution in [0.1, 0.15) is 44.7 Å². The van der Waals surface area contributed by atoms with Gasteiger partial charge in [0.25, 0.3) is 5.91 Å². The summed E-state index contributed by atoms with van der Waals surface area (Å²) in [5, 5.41) is 12.0. The van der Waals surface area contributed by atoms with Crippen molar-refractivity contribution in [3.05, 3.63) is 92.0 Å². The largest absolute Gasteiger partial charge is 0.357 e. The maximum Gasteiger partial charge on any atom is 0.257 e. The van der Waals surface area contributed by atoms with Gasteiger partial charge >= 0.3 is 0 Å². The third kappa shape index (κ3) is 5.58. The summed E-state index contributed by atoms with van der Waals surface area (Å²) in [5.41, 5.74) is 1.79. The molecule has 4 rings (SSSR count). The first-order valence-corrected chi connectivity index (χ1v) is 11.8. The summed E-state index contributed by atoms with van der Waals surface area (Å²) in [6.45, 7) is 1.76. The highest BCUT2D eigenvalue weighted by Gasteiger charge is 2.21. The molecule has 0 atom stereocenters. The lowest BCUT2D eigenvalue weighted by molar-refractivity contribution is 0.0992. The van der Waals surface area contributed by atoms with E-state index < -0.39 is 5.91 Å². The third-order valence-electron chi connectivity index (χ3n) is 5.61. The molecule has 1 aromatic heterocycles. The summed E-state index contributed by atoms with van der Waals surface area (Å²) in [7, 11) is 0. The fraction of sp³-hybridized carbons (Fsp3) is 0.200. The number of anilines is 1. The van der Waals surface area contributed by atoms with Crippen molar-refractivity contribution < 1.29 is 9.59 Å². The number of amidine groups is 1. The Kier molecular flexibility index (Phi) is 7.51. The monoisotopic (exact) mass is 514 g/mol. The highest BCUT2D eigenvalue weighted by Crippen LogP contribution is 2.28. The van der Waals surface area contributed by atoms with Crippen molar-refractivity contribution in [2.75, 3.05) is 18.4 Å². The molecule has 2 N–H and O–H groups in total. The van der Waals surface area contributed by atoms with Gasteiger partial charge in [-0.2, -0.15) is 0 Å². The Morgan fingerprint density at radius 2 is 1.62 bits per heavy atom. The van der Waals surface area contributed by atoms with Crippen molar-refractivity contribution in [2.45, 2.75) is 19.3 Å². The summed E-state index contributed by atoms with van der Waals surface area (Å²) in [4.78, 5) is 32.1. The van der Waals surface area contributed by atoms with E-state index in [0.29, 0.717) is 27.8 Å². The first-order chi connectivity index (χ1) is 16.3. The maximum atomic E-state index is 13.0. The molecule has 34 heavy (non-hydrogen) atoms. The molecule has 1 fully saturated rings. The Hall–Kier alpha value is -2.93. The third-order valence-corrected chi connectivity index (χ3v) is 6.39. The minimum atomic E-state index is -0.489. The van der Waals surface area contributed by atoms with E-state index in [9.17, 15) is 9.59 Å². The molecule has 1 saturated heterocycles. The number of nitrogens with one attached hydrogen (secondary N) is 2. The molecule has 9 heteroatoms. The smallest absolute Gasteiger partial charge is 0.257 e. The molecule has 0 radical (unpaired) electrons. The Balaban J connectivity index is 1.53. The average molecular weight is 516 g/mol. The van der Waals surface area contributed by atoms with Crippen LogP contribution in [-0.2, 0) is 6.42 Å². The number of aromatic nitrogens is 1. The second-order valence-corrected chi connectivity index (χ2v) is 9.23. The van der Waals surface area contributed by atoms with Crippen molar-refractivity contribution in [3.8, 4) is 0 Å². The SMILES string of the molecule is N=C(c1ccc(C(=O)Cc2c(Cl)cc(Cl)cc2C(=O)Nc2ccc(Cl)cn2)cc1)N1CCCC1. The van der Waals surface area contributed by atoms with E-state index in [1.165, 1.54) is 18.3 Å². The van der Waals surface area contributed by atoms with Crippen LogP contribution >= 0.6 is 34.8 Å². The number of pyridine rings is 1. The quantitative estimate of drug-likeness (QED) is 0.234. The number of rotatable bonds is 6. The number of ketones is 1. The van der Waals surface area contributed by atoms with Crippen LogP contribution in [0.2, 0.25) is 15.1 Å². The maximum absolute atomic E-state index is 13.0. The van der Waals surface area contributed by atoms with Crippen molar-refractivity contribution in [3.63, 3.8) is 0 Å². The van der Waals surface area contributed by atoms with Gasteiger partial charge in [-0.25, -0.2) is 4.98 Å². The Morgan fingerprint density at radius 1 is 0.941 bits per heavy atom. The van der Waals surface area contributed by atoms with Gasteiger partial charge in [-0.15, -0.1) is 0 Å². The number of likely N-dealkylation sites (tertiary alicyclic amines) is 1. The first kappa shape index (κ1) is 24.2. The highest BCUT2D eigenvalue weighted by molar-refractivity contribution is 6.36. The number of hydrogen-bond donors (Lipinski definition) is 2. The lowest BCUT2D eigenvalue weighted by Gasteiger charge is -2.18. The van der Waals surface area contributed by atoms with Crippen LogP contribution < -0.4 is 5.32 Å². The van der Waals surface area contributed by atoms with Crippen LogP contribution in [0.3, 0.4) is 0 Å². The molecular formula is C25H21Cl3N4O2. The Bertz CT molecular complexity index is 1240. The summed E-state index contributed by atoms with van der Waals surface area (Å²) >= 11 is 18.4. The summed E-state index contributed by atoms with van der Waals surface area (Å²) in [6, 6.07) is 13.1. The number of amides is 1. The van der Waals surface area contributed by atoms with Crippen molar-refractivity contribution >= 4 is 58.1 Å². The van der Waals surface area contributed by atoms with Crippen molar-refractivity contribution in [2.24, 2.45) is 0 Å². The summed E-state index contributed by atoms with van der Waals surface area (Å²) in [6.07, 6.45) is 3.50. The van der Waals surface area contributed by atoms with Gasteiger partial charge in [-0.05, 0) is 42.7 Å². The molecule has 0 aliphatic carbocycles. The molecule has 1 aliphatic heterocycles. The first-order valence-electron chi connectivity index (χ1n) is 10.7. The molecule has 174 valence electrons. The lowest BCUT2D eigenvalue weighted by atomic mass is 9.97. The number of Topliss-reactive ketones (excluding diaryl/α,β-unsaturated/α-hetero) is 1. The second-order valence-electron chi connectivity index (χ2n) is 7.95. The highest BCUT2D eigenvalue weighted by atomic mass is 35.5. The number of nitrogens with zero attached hydrogens (tertiary/aromatic N) is 2. The van der Waals surface area contributed by atoms with E-state index in [0.717, 1.165) is 31.5 Å². The van der Waals surface area contributed by atoms with Gasteiger partial charge in [-0.1, -0.05) is 59.1 Å². The van der Waals surface area contributed by atoms with E-state index in [1.807, 2.05) is 4.90 Å². The fourth-order valence-electron chi connectivity index (χ4n) is 3.82. The van der Waals surface area contributed by atoms with Crippen LogP contribution in [0.4, 0.5) is 5.82 Å². The van der Waals surface area contributed by atoms with Gasteiger partial charge < -0.3 is 10.2 Å². The normalized spacial score (nSPS) is 13.1. The van der Waals surface area contributed by atoms with E-state index >= 15 is 0 Å². The molecule has 1 amide bonds. The zero-order chi connectivity index (χ0) is 24.2. The van der Waals surface area contributed by atoms with Gasteiger partial charge in [-0.3, -0.25) is 15.0 Å². The van der Waals surface area contributed by atoms with Gasteiger partial charge in [0.2, 0.25) is 0 Å². The van der Waals surface area contributed by atoms with E-state index in [2.05, 4.69) is 10.3 Å². The fourth-order valence-corrected chi connectivity index (χ4v) is 4.49. The standard InChI is InChI=1S/C25H21Cl3N4O2/c26-17-7-8-23(30-14-17)31-25(34)20-11-18(27)12-21(28)19(20)13-22(33)15-3-5-16(6-4-15)24(29)32-9-1-2-10-32/h3-8,11-12,14,29H,1-2,9-10,13H2,(H,30,31,34). The van der Waals surface area contributed by atoms with Crippen LogP contribution in [0.25, 0.3) is 0 Å². The van der Waals surface area contributed by atoms with Crippen LogP contribution in [0.15, 0.2) is 54.7 Å². The molecule has 0 bridgehead atoms. The second kappa shape index (κ2) is 10.6. The number of halogens is 3. The minimum absolute atomic E-state index is 0.0876. The van der Waals surface area contributed by atoms with E-state index in [4.69, 9.17) is 40.2 Å². The Morgan fingerprint density at radius 3 is 2.26 bits per heavy atom. The number of benzene rings is 2. The van der Waals surface area contributed by atoms with Gasteiger partial charge in [0.05, 0.1) is 5.02 Å². The zero-order valence-electron chi connectivity index (χ0n) is 18.1. The molecule has 6 nitrogen and oxygen atoms in total. The number of carbonyl (C=O) groups excluding carboxylic acids is 2. The van der Waals surface area contributed by atoms with E-state index in [-0.39, 0.29) is 27.8 Å². The van der Waals surface area contributed by atoms with Crippen LogP contribution in [-0.4, -0.2) is 40.5 Å².